The minimum atomic E-state index is 0.155. The van der Waals surface area contributed by atoms with Gasteiger partial charge in [-0.3, -0.25) is 0 Å². The van der Waals surface area contributed by atoms with E-state index in [9.17, 15) is 0 Å². The lowest BCUT2D eigenvalue weighted by atomic mass is 10.3. The Morgan fingerprint density at radius 1 is 1.50 bits per heavy atom. The summed E-state index contributed by atoms with van der Waals surface area (Å²) in [5, 5.41) is 3.29. The van der Waals surface area contributed by atoms with Crippen LogP contribution in [0.5, 0.6) is 0 Å². The van der Waals surface area contributed by atoms with Crippen molar-refractivity contribution in [2.75, 3.05) is 6.54 Å². The van der Waals surface area contributed by atoms with Crippen molar-refractivity contribution in [3.8, 4) is 0 Å². The highest BCUT2D eigenvalue weighted by molar-refractivity contribution is 9.10. The van der Waals surface area contributed by atoms with E-state index in [4.69, 9.17) is 0 Å². The molecular formula is C6H14BrN. The van der Waals surface area contributed by atoms with E-state index in [1.807, 2.05) is 0 Å². The molecule has 0 bridgehead atoms. The molecule has 50 valence electrons. The molecule has 0 radical (unpaired) electrons. The van der Waals surface area contributed by atoms with Gasteiger partial charge in [-0.2, -0.15) is 0 Å². The fraction of sp³-hybridized carbons (Fsp3) is 1.00. The average Bonchev–Trinajstić information content (AvgIpc) is 1.67. The SMILES string of the molecule is CCNC(C)(Br)CC. The topological polar surface area (TPSA) is 12.0 Å². The van der Waals surface area contributed by atoms with E-state index in [1.54, 1.807) is 0 Å². The summed E-state index contributed by atoms with van der Waals surface area (Å²) in [5.41, 5.74) is 0. The molecule has 0 aliphatic heterocycles. The maximum atomic E-state index is 3.53. The lowest BCUT2D eigenvalue weighted by molar-refractivity contribution is 0.515. The van der Waals surface area contributed by atoms with Gasteiger partial charge in [-0.05, 0) is 19.9 Å². The molecule has 0 aromatic heterocycles. The van der Waals surface area contributed by atoms with Crippen molar-refractivity contribution in [3.05, 3.63) is 0 Å². The van der Waals surface area contributed by atoms with Crippen LogP contribution < -0.4 is 5.32 Å². The number of hydrogen-bond acceptors (Lipinski definition) is 1. The molecule has 8 heavy (non-hydrogen) atoms. The van der Waals surface area contributed by atoms with Crippen molar-refractivity contribution in [1.29, 1.82) is 0 Å². The van der Waals surface area contributed by atoms with E-state index in [2.05, 4.69) is 42.0 Å². The maximum Gasteiger partial charge on any atom is 0.0711 e. The van der Waals surface area contributed by atoms with E-state index >= 15 is 0 Å². The predicted molar refractivity (Wildman–Crippen MR) is 41.3 cm³/mol. The fourth-order valence-corrected chi connectivity index (χ4v) is 0.774. The lowest BCUT2D eigenvalue weighted by Gasteiger charge is -2.20. The van der Waals surface area contributed by atoms with Gasteiger partial charge < -0.3 is 5.32 Å². The van der Waals surface area contributed by atoms with Gasteiger partial charge in [0.2, 0.25) is 0 Å². The highest BCUT2D eigenvalue weighted by atomic mass is 79.9. The quantitative estimate of drug-likeness (QED) is 0.518. The minimum absolute atomic E-state index is 0.155. The first-order valence-corrected chi connectivity index (χ1v) is 3.85. The third-order valence-electron chi connectivity index (χ3n) is 1.21. The number of nitrogens with one attached hydrogen (secondary N) is 1. The monoisotopic (exact) mass is 179 g/mol. The summed E-state index contributed by atoms with van der Waals surface area (Å²) in [6, 6.07) is 0. The third-order valence-corrected chi connectivity index (χ3v) is 2.05. The number of alkyl halides is 1. The Labute approximate surface area is 60.0 Å². The highest BCUT2D eigenvalue weighted by Gasteiger charge is 2.13. The van der Waals surface area contributed by atoms with Crippen molar-refractivity contribution in [2.24, 2.45) is 0 Å². The molecule has 0 heterocycles. The van der Waals surface area contributed by atoms with Crippen LogP contribution in [-0.2, 0) is 0 Å². The largest absolute Gasteiger partial charge is 0.303 e. The van der Waals surface area contributed by atoms with Crippen molar-refractivity contribution >= 4 is 15.9 Å². The van der Waals surface area contributed by atoms with Gasteiger partial charge in [-0.25, -0.2) is 0 Å². The maximum absolute atomic E-state index is 3.53. The normalized spacial score (nSPS) is 18.0. The summed E-state index contributed by atoms with van der Waals surface area (Å²) in [6.45, 7) is 7.42. The second kappa shape index (κ2) is 3.46. The molecule has 1 nitrogen and oxygen atoms in total. The Hall–Kier alpha value is 0.440. The van der Waals surface area contributed by atoms with E-state index in [-0.39, 0.29) is 4.45 Å². The highest BCUT2D eigenvalue weighted by Crippen LogP contribution is 2.15. The summed E-state index contributed by atoms with van der Waals surface area (Å²) >= 11 is 3.53. The zero-order valence-corrected chi connectivity index (χ0v) is 7.38. The van der Waals surface area contributed by atoms with E-state index in [0.29, 0.717) is 0 Å². The zero-order valence-electron chi connectivity index (χ0n) is 5.79. The third kappa shape index (κ3) is 3.44. The summed E-state index contributed by atoms with van der Waals surface area (Å²) in [7, 11) is 0. The van der Waals surface area contributed by atoms with E-state index < -0.39 is 0 Å². The van der Waals surface area contributed by atoms with Crippen LogP contribution in [0.1, 0.15) is 27.2 Å². The molecule has 0 aliphatic rings. The van der Waals surface area contributed by atoms with Gasteiger partial charge in [0, 0.05) is 0 Å². The number of hydrogen-bond donors (Lipinski definition) is 1. The molecule has 0 rings (SSSR count). The van der Waals surface area contributed by atoms with Crippen molar-refractivity contribution in [1.82, 2.24) is 5.32 Å². The molecule has 0 saturated heterocycles. The first-order chi connectivity index (χ1) is 3.62. The van der Waals surface area contributed by atoms with Crippen LogP contribution in [0.3, 0.4) is 0 Å². The molecule has 2 heteroatoms. The Balaban J connectivity index is 3.37. The molecule has 0 aromatic rings. The molecule has 0 aromatic carbocycles. The number of halogens is 1. The fourth-order valence-electron chi connectivity index (χ4n) is 0.494. The van der Waals surface area contributed by atoms with Gasteiger partial charge in [-0.1, -0.05) is 29.8 Å². The Morgan fingerprint density at radius 3 is 2.12 bits per heavy atom. The van der Waals surface area contributed by atoms with Crippen molar-refractivity contribution in [2.45, 2.75) is 31.6 Å². The first kappa shape index (κ1) is 8.44. The average molecular weight is 180 g/mol. The van der Waals surface area contributed by atoms with Gasteiger partial charge >= 0.3 is 0 Å². The summed E-state index contributed by atoms with van der Waals surface area (Å²) < 4.78 is 0.155. The van der Waals surface area contributed by atoms with Gasteiger partial charge in [0.1, 0.15) is 0 Å². The molecular weight excluding hydrogens is 166 g/mol. The molecule has 0 amide bonds. The zero-order chi connectivity index (χ0) is 6.62. The second-order valence-corrected chi connectivity index (χ2v) is 3.83. The van der Waals surface area contributed by atoms with Crippen LogP contribution in [-0.4, -0.2) is 11.0 Å². The molecule has 0 aliphatic carbocycles. The van der Waals surface area contributed by atoms with Gasteiger partial charge in [-0.15, -0.1) is 0 Å². The molecule has 0 spiro atoms. The standard InChI is InChI=1S/C6H14BrN/c1-4-6(3,7)8-5-2/h8H,4-5H2,1-3H3. The van der Waals surface area contributed by atoms with Gasteiger partial charge in [0.15, 0.2) is 0 Å². The molecule has 1 unspecified atom stereocenters. The van der Waals surface area contributed by atoms with Gasteiger partial charge in [0.05, 0.1) is 4.45 Å². The smallest absolute Gasteiger partial charge is 0.0711 e. The Kier molecular flexibility index (Phi) is 3.65. The van der Waals surface area contributed by atoms with Crippen LogP contribution >= 0.6 is 15.9 Å². The molecule has 0 saturated carbocycles. The van der Waals surface area contributed by atoms with Crippen LogP contribution in [0.25, 0.3) is 0 Å². The lowest BCUT2D eigenvalue weighted by Crippen LogP contribution is -2.34. The van der Waals surface area contributed by atoms with Crippen LogP contribution in [0.4, 0.5) is 0 Å². The summed E-state index contributed by atoms with van der Waals surface area (Å²) in [6.07, 6.45) is 1.11. The Morgan fingerprint density at radius 2 is 2.00 bits per heavy atom. The summed E-state index contributed by atoms with van der Waals surface area (Å²) in [5.74, 6) is 0. The van der Waals surface area contributed by atoms with Crippen LogP contribution in [0, 0.1) is 0 Å². The first-order valence-electron chi connectivity index (χ1n) is 3.06. The predicted octanol–water partition coefficient (Wildman–Crippen LogP) is 2.12. The second-order valence-electron chi connectivity index (χ2n) is 2.08. The summed E-state index contributed by atoms with van der Waals surface area (Å²) in [4.78, 5) is 0. The molecule has 0 fully saturated rings. The van der Waals surface area contributed by atoms with Crippen LogP contribution in [0.15, 0.2) is 0 Å². The Bertz CT molecular complexity index is 61.5. The van der Waals surface area contributed by atoms with E-state index in [0.717, 1.165) is 13.0 Å². The number of rotatable bonds is 3. The van der Waals surface area contributed by atoms with Crippen LogP contribution in [0.2, 0.25) is 0 Å². The molecule has 1 atom stereocenters. The van der Waals surface area contributed by atoms with Crippen molar-refractivity contribution < 1.29 is 0 Å². The van der Waals surface area contributed by atoms with Gasteiger partial charge in [0.25, 0.3) is 0 Å². The van der Waals surface area contributed by atoms with Crippen molar-refractivity contribution in [3.63, 3.8) is 0 Å². The minimum Gasteiger partial charge on any atom is -0.303 e. The molecule has 1 N–H and O–H groups in total. The van der Waals surface area contributed by atoms with E-state index in [1.165, 1.54) is 0 Å².